The molecule has 0 amide bonds. The van der Waals surface area contributed by atoms with Gasteiger partial charge >= 0.3 is 6.18 Å². The number of nitrogens with zero attached hydrogens (tertiary/aromatic N) is 2. The summed E-state index contributed by atoms with van der Waals surface area (Å²) in [5.74, 6) is 2.08. The number of aromatic nitrogens is 1. The van der Waals surface area contributed by atoms with Crippen molar-refractivity contribution in [2.24, 2.45) is 0 Å². The number of alkyl halides is 3. The van der Waals surface area contributed by atoms with E-state index in [0.717, 1.165) is 36.9 Å². The van der Waals surface area contributed by atoms with Gasteiger partial charge in [-0.1, -0.05) is 11.6 Å². The Kier molecular flexibility index (Phi) is 4.40. The fourth-order valence-corrected chi connectivity index (χ4v) is 2.91. The van der Waals surface area contributed by atoms with Crippen LogP contribution in [0.25, 0.3) is 0 Å². The molecule has 0 N–H and O–H groups in total. The number of halogens is 4. The molecular formula is C11H12ClF3N2S. The smallest absolute Gasteiger partial charge is 0.296 e. The molecule has 0 aliphatic carbocycles. The Morgan fingerprint density at radius 3 is 2.56 bits per heavy atom. The van der Waals surface area contributed by atoms with E-state index in [2.05, 4.69) is 9.88 Å². The molecule has 0 saturated carbocycles. The van der Waals surface area contributed by atoms with Gasteiger partial charge in [0.1, 0.15) is 0 Å². The molecule has 0 spiro atoms. The molecule has 18 heavy (non-hydrogen) atoms. The molecular weight excluding hydrogens is 285 g/mol. The number of thioether (sulfide) groups is 1. The second-order valence-corrected chi connectivity index (χ2v) is 5.67. The summed E-state index contributed by atoms with van der Waals surface area (Å²) in [6.07, 6.45) is -3.54. The Morgan fingerprint density at radius 1 is 1.33 bits per heavy atom. The van der Waals surface area contributed by atoms with E-state index < -0.39 is 11.7 Å². The summed E-state index contributed by atoms with van der Waals surface area (Å²) >= 11 is 7.74. The molecule has 1 aromatic heterocycles. The zero-order chi connectivity index (χ0) is 13.2. The first kappa shape index (κ1) is 14.0. The largest absolute Gasteiger partial charge is 0.417 e. The van der Waals surface area contributed by atoms with Gasteiger partial charge in [-0.05, 0) is 6.07 Å². The van der Waals surface area contributed by atoms with Crippen LogP contribution in [0.1, 0.15) is 11.3 Å². The number of pyridine rings is 1. The van der Waals surface area contributed by atoms with Gasteiger partial charge in [-0.25, -0.2) is 0 Å². The van der Waals surface area contributed by atoms with E-state index in [-0.39, 0.29) is 5.02 Å². The topological polar surface area (TPSA) is 16.1 Å². The predicted molar refractivity (Wildman–Crippen MR) is 66.9 cm³/mol. The fourth-order valence-electron chi connectivity index (χ4n) is 1.71. The molecule has 0 radical (unpaired) electrons. The molecule has 2 rings (SSSR count). The highest BCUT2D eigenvalue weighted by Crippen LogP contribution is 2.31. The van der Waals surface area contributed by atoms with Crippen molar-refractivity contribution in [2.75, 3.05) is 24.6 Å². The minimum absolute atomic E-state index is 0.0862. The highest BCUT2D eigenvalue weighted by atomic mass is 35.5. The zero-order valence-corrected chi connectivity index (χ0v) is 11.1. The molecule has 0 atom stereocenters. The van der Waals surface area contributed by atoms with Crippen molar-refractivity contribution in [3.8, 4) is 0 Å². The van der Waals surface area contributed by atoms with E-state index in [1.54, 1.807) is 0 Å². The molecule has 0 aromatic carbocycles. The van der Waals surface area contributed by atoms with E-state index in [1.165, 1.54) is 0 Å². The van der Waals surface area contributed by atoms with E-state index in [4.69, 9.17) is 11.6 Å². The first-order valence-corrected chi connectivity index (χ1v) is 7.02. The molecule has 1 aromatic rings. The van der Waals surface area contributed by atoms with Gasteiger partial charge in [0.2, 0.25) is 0 Å². The Balaban J connectivity index is 2.09. The van der Waals surface area contributed by atoms with Gasteiger partial charge in [0.05, 0.1) is 16.3 Å². The highest BCUT2D eigenvalue weighted by molar-refractivity contribution is 7.99. The quantitative estimate of drug-likeness (QED) is 0.833. The SMILES string of the molecule is FC(F)(F)c1cnc(CN2CCSCC2)c(Cl)c1. The third kappa shape index (κ3) is 3.52. The molecule has 7 heteroatoms. The van der Waals surface area contributed by atoms with E-state index >= 15 is 0 Å². The van der Waals surface area contributed by atoms with Crippen molar-refractivity contribution in [3.05, 3.63) is 28.5 Å². The van der Waals surface area contributed by atoms with Crippen LogP contribution in [0.2, 0.25) is 5.02 Å². The molecule has 1 saturated heterocycles. The van der Waals surface area contributed by atoms with Crippen molar-refractivity contribution in [1.29, 1.82) is 0 Å². The summed E-state index contributed by atoms with van der Waals surface area (Å²) in [6.45, 7) is 2.35. The van der Waals surface area contributed by atoms with Crippen molar-refractivity contribution in [2.45, 2.75) is 12.7 Å². The highest BCUT2D eigenvalue weighted by Gasteiger charge is 2.31. The van der Waals surface area contributed by atoms with Gasteiger partial charge < -0.3 is 0 Å². The molecule has 1 aliphatic heterocycles. The average Bonchev–Trinajstić information content (AvgIpc) is 2.32. The minimum atomic E-state index is -4.39. The van der Waals surface area contributed by atoms with Crippen LogP contribution >= 0.6 is 23.4 Å². The van der Waals surface area contributed by atoms with Gasteiger partial charge in [-0.15, -0.1) is 0 Å². The van der Waals surface area contributed by atoms with E-state index in [0.29, 0.717) is 12.2 Å². The number of hydrogen-bond acceptors (Lipinski definition) is 3. The van der Waals surface area contributed by atoms with Crippen LogP contribution in [-0.4, -0.2) is 34.5 Å². The lowest BCUT2D eigenvalue weighted by atomic mass is 10.2. The standard InChI is InChI=1S/C11H12ClF3N2S/c12-9-5-8(11(13,14)15)6-16-10(9)7-17-1-3-18-4-2-17/h5-6H,1-4,7H2. The summed E-state index contributed by atoms with van der Waals surface area (Å²) in [5, 5.41) is 0.0862. The number of hydrogen-bond donors (Lipinski definition) is 0. The maximum Gasteiger partial charge on any atom is 0.417 e. The first-order valence-electron chi connectivity index (χ1n) is 5.48. The van der Waals surface area contributed by atoms with E-state index in [1.807, 2.05) is 11.8 Å². The van der Waals surface area contributed by atoms with Crippen LogP contribution < -0.4 is 0 Å². The minimum Gasteiger partial charge on any atom is -0.296 e. The normalized spacial score (nSPS) is 18.0. The molecule has 0 bridgehead atoms. The maximum absolute atomic E-state index is 12.4. The molecule has 2 heterocycles. The number of rotatable bonds is 2. The monoisotopic (exact) mass is 296 g/mol. The van der Waals surface area contributed by atoms with Crippen LogP contribution in [-0.2, 0) is 12.7 Å². The van der Waals surface area contributed by atoms with Crippen LogP contribution in [0.15, 0.2) is 12.3 Å². The van der Waals surface area contributed by atoms with Crippen molar-refractivity contribution in [3.63, 3.8) is 0 Å². The van der Waals surface area contributed by atoms with Crippen LogP contribution in [0.3, 0.4) is 0 Å². The van der Waals surface area contributed by atoms with Crippen LogP contribution in [0, 0.1) is 0 Å². The maximum atomic E-state index is 12.4. The van der Waals surface area contributed by atoms with Crippen molar-refractivity contribution >= 4 is 23.4 Å². The van der Waals surface area contributed by atoms with Crippen LogP contribution in [0.4, 0.5) is 13.2 Å². The second-order valence-electron chi connectivity index (χ2n) is 4.04. The second kappa shape index (κ2) is 5.67. The van der Waals surface area contributed by atoms with Crippen molar-refractivity contribution < 1.29 is 13.2 Å². The Bertz CT molecular complexity index is 419. The molecule has 0 unspecified atom stereocenters. The van der Waals surface area contributed by atoms with Gasteiger partial charge in [-0.3, -0.25) is 9.88 Å². The third-order valence-corrected chi connectivity index (χ3v) is 3.99. The summed E-state index contributed by atoms with van der Waals surface area (Å²) in [4.78, 5) is 5.99. The summed E-state index contributed by atoms with van der Waals surface area (Å²) in [7, 11) is 0. The summed E-state index contributed by atoms with van der Waals surface area (Å²) in [5.41, 5.74) is -0.290. The van der Waals surface area contributed by atoms with Gasteiger partial charge in [0, 0.05) is 37.3 Å². The predicted octanol–water partition coefficient (Wildman–Crippen LogP) is 3.30. The lowest BCUT2D eigenvalue weighted by molar-refractivity contribution is -0.137. The fraction of sp³-hybridized carbons (Fsp3) is 0.545. The summed E-state index contributed by atoms with van der Waals surface area (Å²) in [6, 6.07) is 0.947. The zero-order valence-electron chi connectivity index (χ0n) is 9.50. The van der Waals surface area contributed by atoms with Gasteiger partial charge in [0.25, 0.3) is 0 Å². The third-order valence-electron chi connectivity index (χ3n) is 2.72. The van der Waals surface area contributed by atoms with E-state index in [9.17, 15) is 13.2 Å². The average molecular weight is 297 g/mol. The Labute approximate surface area is 113 Å². The lowest BCUT2D eigenvalue weighted by Crippen LogP contribution is -2.32. The molecule has 100 valence electrons. The van der Waals surface area contributed by atoms with Gasteiger partial charge in [0.15, 0.2) is 0 Å². The van der Waals surface area contributed by atoms with Crippen molar-refractivity contribution in [1.82, 2.24) is 9.88 Å². The summed E-state index contributed by atoms with van der Waals surface area (Å²) < 4.78 is 37.3. The lowest BCUT2D eigenvalue weighted by Gasteiger charge is -2.26. The van der Waals surface area contributed by atoms with Gasteiger partial charge in [-0.2, -0.15) is 24.9 Å². The molecule has 2 nitrogen and oxygen atoms in total. The first-order chi connectivity index (χ1) is 8.47. The Morgan fingerprint density at radius 2 is 2.00 bits per heavy atom. The van der Waals surface area contributed by atoms with Crippen LogP contribution in [0.5, 0.6) is 0 Å². The molecule has 1 fully saturated rings. The molecule has 1 aliphatic rings. The Hall–Kier alpha value is -0.460.